The fraction of sp³-hybridized carbons (Fsp3) is 0.533. The molecule has 3 aliphatic rings. The van der Waals surface area contributed by atoms with Gasteiger partial charge in [0.1, 0.15) is 11.5 Å². The molecule has 0 bridgehead atoms. The van der Waals surface area contributed by atoms with Crippen LogP contribution in [-0.4, -0.2) is 91.1 Å². The van der Waals surface area contributed by atoms with Crippen LogP contribution in [0.5, 0.6) is 0 Å². The van der Waals surface area contributed by atoms with Gasteiger partial charge in [-0.1, -0.05) is 6.42 Å². The number of hydrogen-bond acceptors (Lipinski definition) is 8. The van der Waals surface area contributed by atoms with E-state index >= 15 is 0 Å². The maximum Gasteiger partial charge on any atom is 0.407 e. The molecule has 3 N–H and O–H groups in total. The highest BCUT2D eigenvalue weighted by Gasteiger charge is 2.33. The molecule has 3 aromatic rings. The Morgan fingerprint density at radius 1 is 1.04 bits per heavy atom. The molecule has 2 amide bonds. The zero-order valence-electron chi connectivity index (χ0n) is 25.1. The predicted molar refractivity (Wildman–Crippen MR) is 164 cm³/mol. The summed E-state index contributed by atoms with van der Waals surface area (Å²) in [5, 5.41) is 15.0. The molecule has 1 saturated carbocycles. The smallest absolute Gasteiger partial charge is 0.407 e. The minimum absolute atomic E-state index is 0.0917. The van der Waals surface area contributed by atoms with Crippen LogP contribution in [-0.2, 0) is 14.9 Å². The number of carboxylic acid groups (broad SMARTS) is 1. The lowest BCUT2D eigenvalue weighted by atomic mass is 9.82. The van der Waals surface area contributed by atoms with Crippen LogP contribution in [0.4, 0.5) is 14.9 Å². The molecular weight excluding hydrogens is 605 g/mol. The van der Waals surface area contributed by atoms with Gasteiger partial charge in [0, 0.05) is 51.9 Å². The number of anilines is 1. The molecular formula is C30H38FN7O6S. The molecule has 15 heteroatoms. The SMILES string of the molecule is COCC1CCN(c2cc(C(=O)NS(=O)(=O)NC3CCN(C(=O)O)CC3)nc3c2c(C2CCC2)nn3-c2ccc(F)cc2)CC1. The van der Waals surface area contributed by atoms with E-state index in [1.807, 2.05) is 0 Å². The first-order chi connectivity index (χ1) is 21.6. The maximum absolute atomic E-state index is 13.9. The summed E-state index contributed by atoms with van der Waals surface area (Å²) in [7, 11) is -2.59. The van der Waals surface area contributed by atoms with Crippen LogP contribution < -0.4 is 14.3 Å². The van der Waals surface area contributed by atoms with Crippen LogP contribution >= 0.6 is 0 Å². The molecule has 242 valence electrons. The van der Waals surface area contributed by atoms with E-state index in [0.717, 1.165) is 62.0 Å². The molecule has 1 aromatic carbocycles. The van der Waals surface area contributed by atoms with E-state index in [-0.39, 0.29) is 37.5 Å². The highest BCUT2D eigenvalue weighted by molar-refractivity contribution is 7.88. The lowest BCUT2D eigenvalue weighted by molar-refractivity contribution is 0.0976. The summed E-state index contributed by atoms with van der Waals surface area (Å²) in [5.74, 6) is -0.663. The van der Waals surface area contributed by atoms with Gasteiger partial charge in [-0.05, 0) is 74.8 Å². The van der Waals surface area contributed by atoms with Crippen molar-refractivity contribution in [3.8, 4) is 5.69 Å². The van der Waals surface area contributed by atoms with E-state index in [9.17, 15) is 27.5 Å². The zero-order valence-corrected chi connectivity index (χ0v) is 25.9. The monoisotopic (exact) mass is 643 g/mol. The summed E-state index contributed by atoms with van der Waals surface area (Å²) >= 11 is 0. The number of nitrogens with one attached hydrogen (secondary N) is 2. The number of likely N-dealkylation sites (tertiary alicyclic amines) is 1. The Morgan fingerprint density at radius 3 is 2.33 bits per heavy atom. The second kappa shape index (κ2) is 12.9. The molecule has 13 nitrogen and oxygen atoms in total. The summed E-state index contributed by atoms with van der Waals surface area (Å²) in [6.07, 6.45) is 4.34. The van der Waals surface area contributed by atoms with Gasteiger partial charge >= 0.3 is 16.3 Å². The third-order valence-corrected chi connectivity index (χ3v) is 10.2. The van der Waals surface area contributed by atoms with Crippen LogP contribution in [0.15, 0.2) is 30.3 Å². The number of carbonyl (C=O) groups is 2. The molecule has 2 aromatic heterocycles. The zero-order chi connectivity index (χ0) is 31.7. The van der Waals surface area contributed by atoms with Gasteiger partial charge in [-0.2, -0.15) is 18.2 Å². The Kier molecular flexibility index (Phi) is 8.93. The third kappa shape index (κ3) is 6.75. The average molecular weight is 644 g/mol. The second-order valence-electron chi connectivity index (χ2n) is 12.1. The molecule has 0 radical (unpaired) electrons. The Hall–Kier alpha value is -3.82. The van der Waals surface area contributed by atoms with Crippen molar-refractivity contribution in [3.05, 3.63) is 47.5 Å². The van der Waals surface area contributed by atoms with Gasteiger partial charge < -0.3 is 19.6 Å². The Labute approximate surface area is 260 Å². The fourth-order valence-electron chi connectivity index (χ4n) is 6.41. The van der Waals surface area contributed by atoms with E-state index in [2.05, 4.69) is 19.3 Å². The van der Waals surface area contributed by atoms with Crippen LogP contribution in [0, 0.1) is 11.7 Å². The number of pyridine rings is 1. The molecule has 2 aliphatic heterocycles. The lowest BCUT2D eigenvalue weighted by Gasteiger charge is -2.34. The number of nitrogens with zero attached hydrogens (tertiary/aromatic N) is 5. The number of carbonyl (C=O) groups excluding carboxylic acids is 1. The van der Waals surface area contributed by atoms with Crippen molar-refractivity contribution in [2.24, 2.45) is 5.92 Å². The van der Waals surface area contributed by atoms with Crippen molar-refractivity contribution in [3.63, 3.8) is 0 Å². The molecule has 2 saturated heterocycles. The molecule has 4 heterocycles. The standard InChI is InChI=1S/C30H38FN7O6S/c1-44-18-19-9-13-36(14-10-19)25-17-24(29(39)35-45(42,43)34-22-11-15-37(16-12-22)30(40)41)32-28-26(25)27(20-3-2-4-20)33-38(28)23-7-5-21(31)6-8-23/h5-8,17,19-20,22,34H,2-4,9-16,18H2,1H3,(H,35,39)(H,40,41). The molecule has 0 unspecified atom stereocenters. The summed E-state index contributed by atoms with van der Waals surface area (Å²) in [6, 6.07) is 7.00. The minimum Gasteiger partial charge on any atom is -0.465 e. The van der Waals surface area contributed by atoms with Crippen molar-refractivity contribution in [1.82, 2.24) is 29.1 Å². The van der Waals surface area contributed by atoms with Gasteiger partial charge in [-0.3, -0.25) is 4.79 Å². The van der Waals surface area contributed by atoms with Gasteiger partial charge in [0.25, 0.3) is 5.91 Å². The van der Waals surface area contributed by atoms with Gasteiger partial charge in [0.05, 0.1) is 22.5 Å². The number of fused-ring (bicyclic) bond motifs is 1. The number of amides is 2. The maximum atomic E-state index is 13.9. The Morgan fingerprint density at radius 2 is 1.73 bits per heavy atom. The number of piperidine rings is 2. The molecule has 1 aliphatic carbocycles. The number of hydrogen-bond donors (Lipinski definition) is 3. The second-order valence-corrected chi connectivity index (χ2v) is 13.6. The van der Waals surface area contributed by atoms with Crippen LogP contribution in [0.2, 0.25) is 0 Å². The number of benzene rings is 1. The largest absolute Gasteiger partial charge is 0.465 e. The first-order valence-corrected chi connectivity index (χ1v) is 16.9. The number of halogens is 1. The molecule has 6 rings (SSSR count). The van der Waals surface area contributed by atoms with E-state index in [1.54, 1.807) is 30.0 Å². The first kappa shape index (κ1) is 31.2. The lowest BCUT2D eigenvalue weighted by Crippen LogP contribution is -2.50. The Bertz CT molecular complexity index is 1660. The van der Waals surface area contributed by atoms with Crippen LogP contribution in [0.25, 0.3) is 16.7 Å². The fourth-order valence-corrected chi connectivity index (χ4v) is 7.49. The third-order valence-electron chi connectivity index (χ3n) is 9.11. The van der Waals surface area contributed by atoms with E-state index < -0.39 is 34.1 Å². The first-order valence-electron chi connectivity index (χ1n) is 15.4. The average Bonchev–Trinajstić information content (AvgIpc) is 3.35. The van der Waals surface area contributed by atoms with Crippen LogP contribution in [0.3, 0.4) is 0 Å². The van der Waals surface area contributed by atoms with Crippen molar-refractivity contribution in [1.29, 1.82) is 0 Å². The Balaban J connectivity index is 1.35. The topological polar surface area (TPSA) is 159 Å². The van der Waals surface area contributed by atoms with E-state index in [4.69, 9.17) is 9.84 Å². The highest BCUT2D eigenvalue weighted by Crippen LogP contribution is 2.43. The van der Waals surface area contributed by atoms with E-state index in [0.29, 0.717) is 23.9 Å². The molecule has 45 heavy (non-hydrogen) atoms. The summed E-state index contributed by atoms with van der Waals surface area (Å²) in [6.45, 7) is 2.48. The number of rotatable bonds is 9. The molecule has 3 fully saturated rings. The van der Waals surface area contributed by atoms with Gasteiger partial charge in [-0.25, -0.2) is 23.6 Å². The van der Waals surface area contributed by atoms with Gasteiger partial charge in [-0.15, -0.1) is 0 Å². The minimum atomic E-state index is -4.29. The van der Waals surface area contributed by atoms with Crippen molar-refractivity contribution < 1.29 is 32.2 Å². The summed E-state index contributed by atoms with van der Waals surface area (Å²) in [4.78, 5) is 32.9. The summed E-state index contributed by atoms with van der Waals surface area (Å²) in [5.41, 5.74) is 2.52. The van der Waals surface area contributed by atoms with Crippen molar-refractivity contribution in [2.45, 2.75) is 56.9 Å². The predicted octanol–water partition coefficient (Wildman–Crippen LogP) is 3.40. The number of ether oxygens (including phenoxy) is 1. The van der Waals surface area contributed by atoms with Crippen molar-refractivity contribution >= 4 is 38.9 Å². The van der Waals surface area contributed by atoms with Crippen molar-refractivity contribution in [2.75, 3.05) is 44.8 Å². The van der Waals surface area contributed by atoms with E-state index in [1.165, 1.54) is 17.0 Å². The van der Waals surface area contributed by atoms with Crippen LogP contribution in [0.1, 0.15) is 67.0 Å². The summed E-state index contributed by atoms with van der Waals surface area (Å²) < 4.78 is 51.5. The molecule has 0 spiro atoms. The van der Waals surface area contributed by atoms with Gasteiger partial charge in [0.2, 0.25) is 0 Å². The highest BCUT2D eigenvalue weighted by atomic mass is 32.2. The number of methoxy groups -OCH3 is 1. The normalized spacial score (nSPS) is 18.7. The quantitative estimate of drug-likeness (QED) is 0.318. The number of aromatic nitrogens is 3. The molecule has 0 atom stereocenters. The van der Waals surface area contributed by atoms with Gasteiger partial charge in [0.15, 0.2) is 5.65 Å².